The molecule has 1 fully saturated rings. The summed E-state index contributed by atoms with van der Waals surface area (Å²) in [6.07, 6.45) is 8.51. The first-order valence-electron chi connectivity index (χ1n) is 7.07. The van der Waals surface area contributed by atoms with Crippen molar-refractivity contribution in [3.63, 3.8) is 0 Å². The van der Waals surface area contributed by atoms with E-state index in [-0.39, 0.29) is 5.97 Å². The highest BCUT2D eigenvalue weighted by molar-refractivity contribution is 5.79. The molecule has 0 spiro atoms. The Morgan fingerprint density at radius 1 is 1.32 bits per heavy atom. The van der Waals surface area contributed by atoms with E-state index >= 15 is 0 Å². The zero-order valence-electron chi connectivity index (χ0n) is 12.5. The van der Waals surface area contributed by atoms with Gasteiger partial charge in [0.1, 0.15) is 0 Å². The third-order valence-corrected chi connectivity index (χ3v) is 4.02. The minimum absolute atomic E-state index is 0.161. The van der Waals surface area contributed by atoms with Gasteiger partial charge < -0.3 is 9.84 Å². The summed E-state index contributed by atoms with van der Waals surface area (Å²) in [4.78, 5) is 12.3. The average Bonchev–Trinajstić information content (AvgIpc) is 2.38. The van der Waals surface area contributed by atoms with Crippen LogP contribution in [-0.2, 0) is 9.53 Å². The fourth-order valence-electron chi connectivity index (χ4n) is 2.34. The highest BCUT2D eigenvalue weighted by atomic mass is 16.5. The van der Waals surface area contributed by atoms with Crippen molar-refractivity contribution in [2.45, 2.75) is 59.0 Å². The Balaban J connectivity index is 2.93. The largest absolute Gasteiger partial charge is 0.465 e. The van der Waals surface area contributed by atoms with Crippen molar-refractivity contribution in [3.8, 4) is 0 Å². The lowest BCUT2D eigenvalue weighted by Crippen LogP contribution is -2.41. The monoisotopic (exact) mass is 266 g/mol. The maximum atomic E-state index is 12.3. The second kappa shape index (κ2) is 6.38. The minimum Gasteiger partial charge on any atom is -0.465 e. The first-order valence-corrected chi connectivity index (χ1v) is 7.07. The van der Waals surface area contributed by atoms with E-state index in [1.165, 1.54) is 0 Å². The lowest BCUT2D eigenvalue weighted by molar-refractivity contribution is -0.156. The topological polar surface area (TPSA) is 46.5 Å². The number of hydrogen-bond donors (Lipinski definition) is 1. The van der Waals surface area contributed by atoms with Crippen LogP contribution in [0.2, 0.25) is 0 Å². The van der Waals surface area contributed by atoms with Gasteiger partial charge in [0.25, 0.3) is 0 Å². The van der Waals surface area contributed by atoms with Crippen molar-refractivity contribution < 1.29 is 14.6 Å². The van der Waals surface area contributed by atoms with E-state index in [4.69, 9.17) is 4.74 Å². The van der Waals surface area contributed by atoms with Crippen molar-refractivity contribution in [1.82, 2.24) is 0 Å². The second-order valence-corrected chi connectivity index (χ2v) is 5.74. The summed E-state index contributed by atoms with van der Waals surface area (Å²) in [6.45, 7) is 8.04. The summed E-state index contributed by atoms with van der Waals surface area (Å²) in [5.74, 6) is -0.161. The number of ether oxygens (including phenoxy) is 1. The molecular formula is C16H26O3. The van der Waals surface area contributed by atoms with Crippen LogP contribution in [0.5, 0.6) is 0 Å². The van der Waals surface area contributed by atoms with Crippen LogP contribution in [0, 0.1) is 5.41 Å². The Hall–Kier alpha value is -1.09. The predicted molar refractivity (Wildman–Crippen MR) is 76.7 cm³/mol. The molecule has 1 saturated carbocycles. The van der Waals surface area contributed by atoms with Gasteiger partial charge in [-0.15, -0.1) is 0 Å². The van der Waals surface area contributed by atoms with E-state index in [1.807, 2.05) is 45.9 Å². The van der Waals surface area contributed by atoms with E-state index in [9.17, 15) is 9.90 Å². The number of rotatable bonds is 4. The van der Waals surface area contributed by atoms with Gasteiger partial charge in [0.2, 0.25) is 0 Å². The van der Waals surface area contributed by atoms with Crippen LogP contribution >= 0.6 is 0 Å². The molecule has 19 heavy (non-hydrogen) atoms. The van der Waals surface area contributed by atoms with E-state index in [0.29, 0.717) is 32.3 Å². The van der Waals surface area contributed by atoms with Crippen LogP contribution in [-0.4, -0.2) is 23.3 Å². The lowest BCUT2D eigenvalue weighted by atomic mass is 9.69. The molecule has 0 unspecified atom stereocenters. The van der Waals surface area contributed by atoms with Gasteiger partial charge in [-0.3, -0.25) is 4.79 Å². The number of allylic oxidation sites excluding steroid dienone is 3. The van der Waals surface area contributed by atoms with Crippen molar-refractivity contribution in [1.29, 1.82) is 0 Å². The molecule has 0 bridgehead atoms. The Labute approximate surface area is 116 Å². The van der Waals surface area contributed by atoms with Crippen molar-refractivity contribution in [3.05, 3.63) is 23.8 Å². The van der Waals surface area contributed by atoms with Crippen molar-refractivity contribution in [2.75, 3.05) is 6.61 Å². The van der Waals surface area contributed by atoms with Crippen LogP contribution < -0.4 is 0 Å². The maximum absolute atomic E-state index is 12.3. The molecule has 0 aliphatic heterocycles. The molecule has 0 atom stereocenters. The second-order valence-electron chi connectivity index (χ2n) is 5.74. The Bertz CT molecular complexity index is 367. The summed E-state index contributed by atoms with van der Waals surface area (Å²) < 4.78 is 5.23. The van der Waals surface area contributed by atoms with E-state index in [1.54, 1.807) is 0 Å². The highest BCUT2D eigenvalue weighted by Gasteiger charge is 2.44. The van der Waals surface area contributed by atoms with Gasteiger partial charge in [-0.2, -0.15) is 0 Å². The summed E-state index contributed by atoms with van der Waals surface area (Å²) in [5, 5.41) is 10.1. The third kappa shape index (κ3) is 4.20. The molecule has 3 nitrogen and oxygen atoms in total. The molecule has 0 aromatic carbocycles. The fourth-order valence-corrected chi connectivity index (χ4v) is 2.34. The van der Waals surface area contributed by atoms with Gasteiger partial charge in [0, 0.05) is 0 Å². The number of esters is 1. The zero-order valence-corrected chi connectivity index (χ0v) is 12.5. The molecular weight excluding hydrogens is 240 g/mol. The molecule has 0 radical (unpaired) electrons. The molecule has 1 N–H and O–H groups in total. The maximum Gasteiger partial charge on any atom is 0.315 e. The van der Waals surface area contributed by atoms with Gasteiger partial charge >= 0.3 is 5.97 Å². The van der Waals surface area contributed by atoms with Gasteiger partial charge in [0.15, 0.2) is 0 Å². The summed E-state index contributed by atoms with van der Waals surface area (Å²) in [6, 6.07) is 0. The number of hydrogen-bond acceptors (Lipinski definition) is 3. The Kier molecular flexibility index (Phi) is 5.36. The normalized spacial score (nSPS) is 32.6. The molecule has 108 valence electrons. The van der Waals surface area contributed by atoms with Gasteiger partial charge in [-0.25, -0.2) is 0 Å². The van der Waals surface area contributed by atoms with Crippen molar-refractivity contribution >= 4 is 5.97 Å². The van der Waals surface area contributed by atoms with Crippen LogP contribution in [0.3, 0.4) is 0 Å². The summed E-state index contributed by atoms with van der Waals surface area (Å²) in [7, 11) is 0. The van der Waals surface area contributed by atoms with Crippen molar-refractivity contribution in [2.24, 2.45) is 5.41 Å². The quantitative estimate of drug-likeness (QED) is 0.626. The standard InChI is InChI=1S/C16H26O3/c1-5-13(3)7-8-16(14(17)19-6-2)11-9-15(4,18)10-12-16/h5,7-8,18H,6,9-12H2,1-4H3. The first-order chi connectivity index (χ1) is 8.85. The number of carbonyl (C=O) groups is 1. The smallest absolute Gasteiger partial charge is 0.315 e. The van der Waals surface area contributed by atoms with Crippen LogP contribution in [0.25, 0.3) is 0 Å². The fraction of sp³-hybridized carbons (Fsp3) is 0.688. The van der Waals surface area contributed by atoms with E-state index in [2.05, 4.69) is 0 Å². The molecule has 1 rings (SSSR count). The lowest BCUT2D eigenvalue weighted by Gasteiger charge is -2.39. The Morgan fingerprint density at radius 2 is 1.89 bits per heavy atom. The van der Waals surface area contributed by atoms with Gasteiger partial charge in [0.05, 0.1) is 17.6 Å². The molecule has 1 aliphatic rings. The van der Waals surface area contributed by atoms with E-state index in [0.717, 1.165) is 5.57 Å². The highest BCUT2D eigenvalue weighted by Crippen LogP contribution is 2.43. The SMILES string of the molecule is CC=C(C)C=CC1(C(=O)OCC)CCC(C)(O)CC1. The molecule has 0 heterocycles. The third-order valence-electron chi connectivity index (χ3n) is 4.02. The Morgan fingerprint density at radius 3 is 2.37 bits per heavy atom. The summed E-state index contributed by atoms with van der Waals surface area (Å²) >= 11 is 0. The van der Waals surface area contributed by atoms with Crippen LogP contribution in [0.4, 0.5) is 0 Å². The molecule has 0 amide bonds. The molecule has 0 saturated heterocycles. The predicted octanol–water partition coefficient (Wildman–Crippen LogP) is 3.38. The molecule has 0 aromatic heterocycles. The minimum atomic E-state index is -0.653. The van der Waals surface area contributed by atoms with Crippen LogP contribution in [0.1, 0.15) is 53.4 Å². The van der Waals surface area contributed by atoms with E-state index < -0.39 is 11.0 Å². The average molecular weight is 266 g/mol. The summed E-state index contributed by atoms with van der Waals surface area (Å²) in [5.41, 5.74) is -0.0943. The van der Waals surface area contributed by atoms with Gasteiger partial charge in [-0.05, 0) is 53.4 Å². The number of carbonyl (C=O) groups excluding carboxylic acids is 1. The first kappa shape index (κ1) is 16.0. The zero-order chi connectivity index (χ0) is 14.5. The molecule has 3 heteroatoms. The number of aliphatic hydroxyl groups is 1. The van der Waals surface area contributed by atoms with Gasteiger partial charge in [-0.1, -0.05) is 23.8 Å². The van der Waals surface area contributed by atoms with Crippen LogP contribution in [0.15, 0.2) is 23.8 Å². The molecule has 1 aliphatic carbocycles. The molecule has 0 aromatic rings.